The number of hydrogen-bond acceptors (Lipinski definition) is 5. The van der Waals surface area contributed by atoms with Crippen LogP contribution in [0.3, 0.4) is 0 Å². The molecule has 2 aliphatic rings. The molecule has 3 amide bonds. The number of rotatable bonds is 4. The zero-order chi connectivity index (χ0) is 24.8. The summed E-state index contributed by atoms with van der Waals surface area (Å²) >= 11 is 0. The number of carbonyl (C=O) groups is 3. The van der Waals surface area contributed by atoms with Gasteiger partial charge in [-0.2, -0.15) is 0 Å². The molecule has 182 valence electrons. The lowest BCUT2D eigenvalue weighted by Gasteiger charge is -2.46. The summed E-state index contributed by atoms with van der Waals surface area (Å²) in [4.78, 5) is 39.1. The van der Waals surface area contributed by atoms with Crippen LogP contribution in [0.15, 0.2) is 18.3 Å². The van der Waals surface area contributed by atoms with E-state index in [9.17, 15) is 36.3 Å². The SMILES string of the molecule is C[C@H]1[C@@H](C(=O)Nc2ccc(F)c(F)c2F)CCN1C(=O)C(=O)NC1(c2c[nH]nn2)CC(F)(F)C1. The Morgan fingerprint density at radius 3 is 2.47 bits per heavy atom. The minimum Gasteiger partial charge on any atom is -0.336 e. The van der Waals surface area contributed by atoms with Crippen molar-refractivity contribution >= 4 is 23.4 Å². The average Bonchev–Trinajstić information content (AvgIpc) is 3.42. The molecule has 0 bridgehead atoms. The second kappa shape index (κ2) is 8.33. The Bertz CT molecular complexity index is 1130. The summed E-state index contributed by atoms with van der Waals surface area (Å²) in [5, 5.41) is 14.0. The third-order valence-electron chi connectivity index (χ3n) is 6.22. The van der Waals surface area contributed by atoms with Gasteiger partial charge in [0.05, 0.1) is 17.1 Å². The van der Waals surface area contributed by atoms with Gasteiger partial charge < -0.3 is 15.5 Å². The number of amides is 3. The van der Waals surface area contributed by atoms with E-state index in [1.54, 1.807) is 0 Å². The van der Waals surface area contributed by atoms with Crippen LogP contribution in [0.5, 0.6) is 0 Å². The summed E-state index contributed by atoms with van der Waals surface area (Å²) < 4.78 is 67.6. The summed E-state index contributed by atoms with van der Waals surface area (Å²) in [6.07, 6.45) is -0.169. The third-order valence-corrected chi connectivity index (χ3v) is 6.22. The van der Waals surface area contributed by atoms with E-state index in [1.165, 1.54) is 13.1 Å². The maximum Gasteiger partial charge on any atom is 0.312 e. The highest BCUT2D eigenvalue weighted by Gasteiger charge is 2.60. The predicted molar refractivity (Wildman–Crippen MR) is 105 cm³/mol. The number of benzene rings is 1. The summed E-state index contributed by atoms with van der Waals surface area (Å²) in [5.74, 6) is -11.6. The van der Waals surface area contributed by atoms with Gasteiger partial charge in [0.2, 0.25) is 5.91 Å². The molecule has 0 unspecified atom stereocenters. The molecule has 9 nitrogen and oxygen atoms in total. The van der Waals surface area contributed by atoms with Gasteiger partial charge in [0, 0.05) is 31.6 Å². The van der Waals surface area contributed by atoms with Gasteiger partial charge in [0.15, 0.2) is 17.5 Å². The summed E-state index contributed by atoms with van der Waals surface area (Å²) in [6, 6.07) is 0.692. The number of anilines is 1. The highest BCUT2D eigenvalue weighted by Crippen LogP contribution is 2.51. The minimum atomic E-state index is -3.05. The molecular weight excluding hydrogens is 467 g/mol. The summed E-state index contributed by atoms with van der Waals surface area (Å²) in [5.41, 5.74) is -2.08. The van der Waals surface area contributed by atoms with Crippen LogP contribution in [0.2, 0.25) is 0 Å². The molecule has 1 saturated heterocycles. The topological polar surface area (TPSA) is 120 Å². The number of carbonyl (C=O) groups excluding carboxylic acids is 3. The molecule has 14 heteroatoms. The molecule has 2 atom stereocenters. The third kappa shape index (κ3) is 4.07. The molecule has 1 aromatic carbocycles. The average molecular weight is 486 g/mol. The van der Waals surface area contributed by atoms with Crippen molar-refractivity contribution in [3.05, 3.63) is 41.5 Å². The van der Waals surface area contributed by atoms with Crippen molar-refractivity contribution in [1.29, 1.82) is 0 Å². The zero-order valence-corrected chi connectivity index (χ0v) is 17.7. The van der Waals surface area contributed by atoms with Crippen LogP contribution in [0.25, 0.3) is 0 Å². The molecule has 0 spiro atoms. The first kappa shape index (κ1) is 23.6. The van der Waals surface area contributed by atoms with Crippen molar-refractivity contribution in [3.8, 4) is 0 Å². The van der Waals surface area contributed by atoms with Gasteiger partial charge in [-0.3, -0.25) is 19.5 Å². The van der Waals surface area contributed by atoms with Crippen LogP contribution < -0.4 is 10.6 Å². The standard InChI is InChI=1S/C20H19F5N6O3/c1-9-10(16(32)27-12-3-2-11(21)14(22)15(12)23)4-5-31(9)18(34)17(33)28-19(7-20(24,25)8-19)13-6-26-30-29-13/h2-3,6,9-10H,4-5,7-8H2,1H3,(H,27,32)(H,28,33)(H,26,29,30)/t9-,10-/m0/s1. The van der Waals surface area contributed by atoms with Crippen molar-refractivity contribution in [2.75, 3.05) is 11.9 Å². The Morgan fingerprint density at radius 2 is 1.85 bits per heavy atom. The summed E-state index contributed by atoms with van der Waals surface area (Å²) in [6.45, 7) is 1.47. The largest absolute Gasteiger partial charge is 0.336 e. The van der Waals surface area contributed by atoms with Gasteiger partial charge >= 0.3 is 11.8 Å². The number of nitrogens with zero attached hydrogens (tertiary/aromatic N) is 3. The Kier molecular flexibility index (Phi) is 5.77. The van der Waals surface area contributed by atoms with Crippen molar-refractivity contribution in [1.82, 2.24) is 25.6 Å². The number of halogens is 5. The fourth-order valence-corrected chi connectivity index (χ4v) is 4.43. The molecule has 2 heterocycles. The van der Waals surface area contributed by atoms with E-state index in [2.05, 4.69) is 26.0 Å². The molecule has 1 saturated carbocycles. The maximum atomic E-state index is 13.9. The Labute approximate surface area is 189 Å². The number of aromatic nitrogens is 3. The Hall–Kier alpha value is -3.58. The molecule has 1 aliphatic heterocycles. The molecular formula is C20H19F5N6O3. The normalized spacial score (nSPS) is 22.7. The molecule has 3 N–H and O–H groups in total. The Morgan fingerprint density at radius 1 is 1.15 bits per heavy atom. The fourth-order valence-electron chi connectivity index (χ4n) is 4.43. The highest BCUT2D eigenvalue weighted by atomic mass is 19.3. The van der Waals surface area contributed by atoms with Gasteiger partial charge in [-0.15, -0.1) is 5.10 Å². The van der Waals surface area contributed by atoms with Gasteiger partial charge in [-0.05, 0) is 25.5 Å². The highest BCUT2D eigenvalue weighted by molar-refractivity contribution is 6.35. The number of nitrogens with one attached hydrogen (secondary N) is 3. The van der Waals surface area contributed by atoms with Gasteiger partial charge in [-0.1, -0.05) is 5.21 Å². The molecule has 1 aromatic heterocycles. The second-order valence-corrected chi connectivity index (χ2v) is 8.45. The number of alkyl halides is 2. The fraction of sp³-hybridized carbons (Fsp3) is 0.450. The lowest BCUT2D eigenvalue weighted by Crippen LogP contribution is -2.62. The van der Waals surface area contributed by atoms with Gasteiger partial charge in [-0.25, -0.2) is 22.0 Å². The molecule has 1 aliphatic carbocycles. The minimum absolute atomic E-state index is 0.0150. The van der Waals surface area contributed by atoms with Crippen molar-refractivity contribution in [3.63, 3.8) is 0 Å². The van der Waals surface area contributed by atoms with E-state index < -0.39 is 77.1 Å². The molecule has 2 aromatic rings. The smallest absolute Gasteiger partial charge is 0.312 e. The van der Waals surface area contributed by atoms with Crippen molar-refractivity contribution < 1.29 is 36.3 Å². The van der Waals surface area contributed by atoms with Crippen LogP contribution in [0.1, 0.15) is 31.9 Å². The van der Waals surface area contributed by atoms with E-state index in [0.29, 0.717) is 6.07 Å². The van der Waals surface area contributed by atoms with E-state index in [0.717, 1.165) is 11.0 Å². The second-order valence-electron chi connectivity index (χ2n) is 8.45. The van der Waals surface area contributed by atoms with Crippen LogP contribution in [-0.4, -0.2) is 56.5 Å². The van der Waals surface area contributed by atoms with Crippen LogP contribution in [0, 0.1) is 23.4 Å². The molecule has 34 heavy (non-hydrogen) atoms. The Balaban J connectivity index is 1.42. The van der Waals surface area contributed by atoms with E-state index in [-0.39, 0.29) is 18.7 Å². The lowest BCUT2D eigenvalue weighted by atomic mass is 9.71. The van der Waals surface area contributed by atoms with Crippen LogP contribution >= 0.6 is 0 Å². The van der Waals surface area contributed by atoms with Crippen molar-refractivity contribution in [2.24, 2.45) is 5.92 Å². The zero-order valence-electron chi connectivity index (χ0n) is 17.7. The number of hydrogen-bond donors (Lipinski definition) is 3. The number of H-pyrrole nitrogens is 1. The van der Waals surface area contributed by atoms with Gasteiger partial charge in [0.25, 0.3) is 5.92 Å². The van der Waals surface area contributed by atoms with E-state index >= 15 is 0 Å². The van der Waals surface area contributed by atoms with E-state index in [1.807, 2.05) is 0 Å². The first-order chi connectivity index (χ1) is 15.9. The monoisotopic (exact) mass is 486 g/mol. The summed E-state index contributed by atoms with van der Waals surface area (Å²) in [7, 11) is 0. The first-order valence-electron chi connectivity index (χ1n) is 10.3. The van der Waals surface area contributed by atoms with Crippen LogP contribution in [-0.2, 0) is 19.9 Å². The van der Waals surface area contributed by atoms with Gasteiger partial charge in [0.1, 0.15) is 5.69 Å². The predicted octanol–water partition coefficient (Wildman–Crippen LogP) is 1.84. The number of aromatic amines is 1. The van der Waals surface area contributed by atoms with E-state index in [4.69, 9.17) is 0 Å². The van der Waals surface area contributed by atoms with Crippen molar-refractivity contribution in [2.45, 2.75) is 43.7 Å². The lowest BCUT2D eigenvalue weighted by molar-refractivity contribution is -0.160. The van der Waals surface area contributed by atoms with Crippen LogP contribution in [0.4, 0.5) is 27.6 Å². The first-order valence-corrected chi connectivity index (χ1v) is 10.3. The maximum absolute atomic E-state index is 13.9. The molecule has 4 rings (SSSR count). The quantitative estimate of drug-likeness (QED) is 0.346. The number of likely N-dealkylation sites (tertiary alicyclic amines) is 1. The molecule has 0 radical (unpaired) electrons. The molecule has 2 fully saturated rings.